The molecule has 0 aliphatic rings. The van der Waals surface area contributed by atoms with Crippen LogP contribution in [-0.4, -0.2) is 9.78 Å². The molecule has 1 heterocycles. The lowest BCUT2D eigenvalue weighted by molar-refractivity contribution is 0.776. The van der Waals surface area contributed by atoms with Gasteiger partial charge in [-0.2, -0.15) is 5.10 Å². The molecule has 0 bridgehead atoms. The predicted octanol–water partition coefficient (Wildman–Crippen LogP) is 3.17. The molecule has 1 aromatic carbocycles. The Kier molecular flexibility index (Phi) is 3.29. The summed E-state index contributed by atoms with van der Waals surface area (Å²) in [6.07, 6.45) is 3.72. The second kappa shape index (κ2) is 4.70. The number of aromatic nitrogens is 2. The predicted molar refractivity (Wildman–Crippen MR) is 69.7 cm³/mol. The van der Waals surface area contributed by atoms with E-state index in [0.29, 0.717) is 0 Å². The summed E-state index contributed by atoms with van der Waals surface area (Å²) in [7, 11) is 0. The maximum atomic E-state index is 5.90. The highest BCUT2D eigenvalue weighted by Crippen LogP contribution is 2.19. The van der Waals surface area contributed by atoms with E-state index in [0.717, 1.165) is 34.4 Å². The van der Waals surface area contributed by atoms with Gasteiger partial charge in [-0.1, -0.05) is 29.3 Å². The van der Waals surface area contributed by atoms with Gasteiger partial charge in [0.2, 0.25) is 0 Å². The standard InChI is InChI=1S/C12H14BrN3/c1-2-3-12-11(14)8-15-16(12)10-6-4-9(13)5-7-10/h4-8H,2-3,14H2,1H3. The zero-order chi connectivity index (χ0) is 11.5. The van der Waals surface area contributed by atoms with E-state index >= 15 is 0 Å². The van der Waals surface area contributed by atoms with Gasteiger partial charge >= 0.3 is 0 Å². The smallest absolute Gasteiger partial charge is 0.0737 e. The zero-order valence-corrected chi connectivity index (χ0v) is 10.7. The minimum Gasteiger partial charge on any atom is -0.396 e. The molecule has 0 saturated heterocycles. The zero-order valence-electron chi connectivity index (χ0n) is 9.15. The molecule has 84 valence electrons. The van der Waals surface area contributed by atoms with Crippen molar-refractivity contribution in [2.24, 2.45) is 0 Å². The van der Waals surface area contributed by atoms with Crippen LogP contribution in [-0.2, 0) is 6.42 Å². The van der Waals surface area contributed by atoms with Gasteiger partial charge in [0.15, 0.2) is 0 Å². The molecule has 2 rings (SSSR count). The Morgan fingerprint density at radius 2 is 2.00 bits per heavy atom. The lowest BCUT2D eigenvalue weighted by Crippen LogP contribution is -2.03. The molecule has 4 heteroatoms. The van der Waals surface area contributed by atoms with E-state index in [1.165, 1.54) is 0 Å². The number of nitrogens with two attached hydrogens (primary N) is 1. The molecule has 2 N–H and O–H groups in total. The monoisotopic (exact) mass is 279 g/mol. The summed E-state index contributed by atoms with van der Waals surface area (Å²) in [5.74, 6) is 0. The highest BCUT2D eigenvalue weighted by Gasteiger charge is 2.08. The van der Waals surface area contributed by atoms with Crippen molar-refractivity contribution in [2.75, 3.05) is 5.73 Å². The highest BCUT2D eigenvalue weighted by atomic mass is 79.9. The molecule has 0 amide bonds. The molecular formula is C12H14BrN3. The molecule has 3 nitrogen and oxygen atoms in total. The molecule has 0 spiro atoms. The summed E-state index contributed by atoms with van der Waals surface area (Å²) in [5, 5.41) is 4.31. The Labute approximate surface area is 103 Å². The van der Waals surface area contributed by atoms with Crippen LogP contribution in [0.15, 0.2) is 34.9 Å². The molecule has 0 radical (unpaired) electrons. The van der Waals surface area contributed by atoms with Crippen LogP contribution in [0.4, 0.5) is 5.69 Å². The van der Waals surface area contributed by atoms with Gasteiger partial charge in [0, 0.05) is 4.47 Å². The van der Waals surface area contributed by atoms with Gasteiger partial charge in [-0.3, -0.25) is 0 Å². The summed E-state index contributed by atoms with van der Waals surface area (Å²) in [4.78, 5) is 0. The van der Waals surface area contributed by atoms with Crippen LogP contribution < -0.4 is 5.73 Å². The molecule has 2 aromatic rings. The lowest BCUT2D eigenvalue weighted by Gasteiger charge is -2.07. The van der Waals surface area contributed by atoms with Crippen LogP contribution in [0, 0.1) is 0 Å². The van der Waals surface area contributed by atoms with E-state index in [9.17, 15) is 0 Å². The normalized spacial score (nSPS) is 10.6. The summed E-state index contributed by atoms with van der Waals surface area (Å²) < 4.78 is 2.97. The number of anilines is 1. The Bertz CT molecular complexity index is 474. The molecule has 0 fully saturated rings. The van der Waals surface area contributed by atoms with Crippen LogP contribution in [0.3, 0.4) is 0 Å². The fourth-order valence-corrected chi connectivity index (χ4v) is 1.94. The number of rotatable bonds is 3. The fraction of sp³-hybridized carbons (Fsp3) is 0.250. The first kappa shape index (κ1) is 11.2. The van der Waals surface area contributed by atoms with Gasteiger partial charge in [-0.15, -0.1) is 0 Å². The number of halogens is 1. The fourth-order valence-electron chi connectivity index (χ4n) is 1.68. The lowest BCUT2D eigenvalue weighted by atomic mass is 10.2. The second-order valence-corrected chi connectivity index (χ2v) is 4.60. The van der Waals surface area contributed by atoms with Crippen molar-refractivity contribution in [1.29, 1.82) is 0 Å². The highest BCUT2D eigenvalue weighted by molar-refractivity contribution is 9.10. The van der Waals surface area contributed by atoms with Gasteiger partial charge in [0.05, 0.1) is 23.3 Å². The first-order valence-corrected chi connectivity index (χ1v) is 6.10. The number of nitrogens with zero attached hydrogens (tertiary/aromatic N) is 2. The number of benzene rings is 1. The van der Waals surface area contributed by atoms with Gasteiger partial charge in [-0.05, 0) is 30.7 Å². The van der Waals surface area contributed by atoms with Crippen molar-refractivity contribution in [1.82, 2.24) is 9.78 Å². The topological polar surface area (TPSA) is 43.8 Å². The first-order chi connectivity index (χ1) is 7.72. The molecule has 0 atom stereocenters. The van der Waals surface area contributed by atoms with Crippen molar-refractivity contribution >= 4 is 21.6 Å². The quantitative estimate of drug-likeness (QED) is 0.938. The van der Waals surface area contributed by atoms with Crippen molar-refractivity contribution in [3.63, 3.8) is 0 Å². The third-order valence-electron chi connectivity index (χ3n) is 2.46. The van der Waals surface area contributed by atoms with E-state index in [-0.39, 0.29) is 0 Å². The van der Waals surface area contributed by atoms with Gasteiger partial charge in [0.1, 0.15) is 0 Å². The summed E-state index contributed by atoms with van der Waals surface area (Å²) in [6, 6.07) is 8.05. The van der Waals surface area contributed by atoms with Crippen LogP contribution in [0.25, 0.3) is 5.69 Å². The Morgan fingerprint density at radius 3 is 2.62 bits per heavy atom. The summed E-state index contributed by atoms with van der Waals surface area (Å²) in [6.45, 7) is 2.14. The molecule has 0 unspecified atom stereocenters. The van der Waals surface area contributed by atoms with Crippen molar-refractivity contribution < 1.29 is 0 Å². The van der Waals surface area contributed by atoms with E-state index in [2.05, 4.69) is 28.0 Å². The van der Waals surface area contributed by atoms with E-state index in [4.69, 9.17) is 5.73 Å². The van der Waals surface area contributed by atoms with Crippen molar-refractivity contribution in [3.8, 4) is 5.69 Å². The third-order valence-corrected chi connectivity index (χ3v) is 2.99. The Hall–Kier alpha value is -1.29. The average Bonchev–Trinajstić information content (AvgIpc) is 2.63. The molecular weight excluding hydrogens is 266 g/mol. The van der Waals surface area contributed by atoms with E-state index in [1.54, 1.807) is 6.20 Å². The van der Waals surface area contributed by atoms with E-state index in [1.807, 2.05) is 28.9 Å². The largest absolute Gasteiger partial charge is 0.396 e. The molecule has 0 saturated carbocycles. The maximum Gasteiger partial charge on any atom is 0.0737 e. The molecule has 0 aliphatic heterocycles. The molecule has 0 aliphatic carbocycles. The Morgan fingerprint density at radius 1 is 1.31 bits per heavy atom. The van der Waals surface area contributed by atoms with Gasteiger partial charge in [-0.25, -0.2) is 4.68 Å². The van der Waals surface area contributed by atoms with E-state index < -0.39 is 0 Å². The Balaban J connectivity index is 2.43. The number of nitrogen functional groups attached to an aromatic ring is 1. The van der Waals surface area contributed by atoms with Gasteiger partial charge < -0.3 is 5.73 Å². The third kappa shape index (κ3) is 2.11. The summed E-state index contributed by atoms with van der Waals surface area (Å²) in [5.41, 5.74) is 8.80. The molecule has 1 aromatic heterocycles. The second-order valence-electron chi connectivity index (χ2n) is 3.68. The van der Waals surface area contributed by atoms with Crippen LogP contribution >= 0.6 is 15.9 Å². The number of hydrogen-bond donors (Lipinski definition) is 1. The van der Waals surface area contributed by atoms with Gasteiger partial charge in [0.25, 0.3) is 0 Å². The SMILES string of the molecule is CCCc1c(N)cnn1-c1ccc(Br)cc1. The minimum absolute atomic E-state index is 0.768. The van der Waals surface area contributed by atoms with Crippen LogP contribution in [0.5, 0.6) is 0 Å². The van der Waals surface area contributed by atoms with Crippen molar-refractivity contribution in [3.05, 3.63) is 40.6 Å². The number of hydrogen-bond acceptors (Lipinski definition) is 2. The first-order valence-electron chi connectivity index (χ1n) is 5.30. The summed E-state index contributed by atoms with van der Waals surface area (Å²) >= 11 is 3.42. The average molecular weight is 280 g/mol. The van der Waals surface area contributed by atoms with Crippen molar-refractivity contribution in [2.45, 2.75) is 19.8 Å². The van der Waals surface area contributed by atoms with Crippen LogP contribution in [0.1, 0.15) is 19.0 Å². The van der Waals surface area contributed by atoms with Crippen LogP contribution in [0.2, 0.25) is 0 Å². The minimum atomic E-state index is 0.768. The molecule has 16 heavy (non-hydrogen) atoms. The maximum absolute atomic E-state index is 5.90.